The highest BCUT2D eigenvalue weighted by atomic mass is 14.8. The Hall–Kier alpha value is -4.75. The van der Waals surface area contributed by atoms with Gasteiger partial charge in [0, 0.05) is 12.0 Å². The van der Waals surface area contributed by atoms with Gasteiger partial charge in [-0.3, -0.25) is 4.99 Å². The van der Waals surface area contributed by atoms with E-state index in [0.717, 1.165) is 17.8 Å². The second-order valence-electron chi connectivity index (χ2n) is 11.4. The molecule has 7 aromatic carbocycles. The van der Waals surface area contributed by atoms with Gasteiger partial charge in [-0.2, -0.15) is 0 Å². The summed E-state index contributed by atoms with van der Waals surface area (Å²) in [5.74, 6) is 0. The molecule has 8 rings (SSSR count). The first-order valence-electron chi connectivity index (χ1n) is 14.1. The first-order valence-corrected chi connectivity index (χ1v) is 14.1. The highest BCUT2D eigenvalue weighted by Gasteiger charge is 2.23. The largest absolute Gasteiger partial charge is 0.252 e. The maximum Gasteiger partial charge on any atom is 0.0669 e. The van der Waals surface area contributed by atoms with Crippen LogP contribution >= 0.6 is 0 Å². The van der Waals surface area contributed by atoms with Crippen molar-refractivity contribution < 1.29 is 0 Å². The Balaban J connectivity index is 1.46. The van der Waals surface area contributed by atoms with Crippen molar-refractivity contribution in [2.45, 2.75) is 27.2 Å². The molecule has 0 fully saturated rings. The smallest absolute Gasteiger partial charge is 0.0669 e. The van der Waals surface area contributed by atoms with Crippen LogP contribution in [-0.2, 0) is 6.42 Å². The Kier molecular flexibility index (Phi) is 5.00. The zero-order chi connectivity index (χ0) is 27.0. The number of hydrogen-bond acceptors (Lipinski definition) is 1. The first kappa shape index (κ1) is 23.2. The lowest BCUT2D eigenvalue weighted by Crippen LogP contribution is -2.03. The van der Waals surface area contributed by atoms with E-state index in [0.29, 0.717) is 0 Å². The molecule has 0 atom stereocenters. The van der Waals surface area contributed by atoms with Gasteiger partial charge in [0.05, 0.1) is 11.4 Å². The molecule has 1 heteroatoms. The maximum atomic E-state index is 5.18. The fraction of sp³-hybridized carbons (Fsp3) is 0.103. The van der Waals surface area contributed by atoms with Gasteiger partial charge in [-0.1, -0.05) is 114 Å². The summed E-state index contributed by atoms with van der Waals surface area (Å²) in [6.07, 6.45) is 0.864. The van der Waals surface area contributed by atoms with Crippen LogP contribution < -0.4 is 0 Å². The predicted molar refractivity (Wildman–Crippen MR) is 172 cm³/mol. The molecule has 0 saturated heterocycles. The summed E-state index contributed by atoms with van der Waals surface area (Å²) in [7, 11) is 0. The van der Waals surface area contributed by atoms with Crippen LogP contribution in [-0.4, -0.2) is 5.71 Å². The van der Waals surface area contributed by atoms with Crippen LogP contribution in [0.25, 0.3) is 54.6 Å². The zero-order valence-corrected chi connectivity index (χ0v) is 23.0. The fourth-order valence-electron chi connectivity index (χ4n) is 6.58. The molecule has 190 valence electrons. The van der Waals surface area contributed by atoms with Crippen molar-refractivity contribution >= 4 is 43.7 Å². The molecular weight excluding hydrogens is 482 g/mol. The first-order chi connectivity index (χ1) is 19.5. The Morgan fingerprint density at radius 1 is 0.475 bits per heavy atom. The summed E-state index contributed by atoms with van der Waals surface area (Å²) >= 11 is 0. The molecule has 40 heavy (non-hydrogen) atoms. The summed E-state index contributed by atoms with van der Waals surface area (Å²) in [4.78, 5) is 5.18. The van der Waals surface area contributed by atoms with Crippen LogP contribution in [0.4, 0.5) is 5.69 Å². The lowest BCUT2D eigenvalue weighted by molar-refractivity contribution is 1.34. The average Bonchev–Trinajstić information content (AvgIpc) is 3.39. The van der Waals surface area contributed by atoms with Crippen molar-refractivity contribution in [1.29, 1.82) is 0 Å². The second-order valence-corrected chi connectivity index (χ2v) is 11.4. The van der Waals surface area contributed by atoms with Crippen molar-refractivity contribution in [3.05, 3.63) is 137 Å². The number of aliphatic imine (C=N–C) groups is 1. The molecule has 1 aliphatic rings. The molecule has 0 radical (unpaired) electrons. The van der Waals surface area contributed by atoms with Crippen LogP contribution in [0.15, 0.2) is 114 Å². The average molecular weight is 512 g/mol. The minimum absolute atomic E-state index is 0.864. The molecule has 0 bridgehead atoms. The SMILES string of the molecule is Cc1ccc(-c2ccc3ccc4c(-c5ccc(C)cc5)cc(C5=Nc6ccc(C)cc6C5)c5ccc2c3c54)cc1. The molecule has 0 saturated carbocycles. The van der Waals surface area contributed by atoms with Crippen LogP contribution in [0.1, 0.15) is 27.8 Å². The van der Waals surface area contributed by atoms with Gasteiger partial charge >= 0.3 is 0 Å². The fourth-order valence-corrected chi connectivity index (χ4v) is 6.58. The third kappa shape index (κ3) is 3.51. The van der Waals surface area contributed by atoms with E-state index in [-0.39, 0.29) is 0 Å². The second kappa shape index (κ2) is 8.63. The monoisotopic (exact) mass is 511 g/mol. The van der Waals surface area contributed by atoms with E-state index < -0.39 is 0 Å². The van der Waals surface area contributed by atoms with Crippen LogP contribution in [0.3, 0.4) is 0 Å². The van der Waals surface area contributed by atoms with Gasteiger partial charge in [0.15, 0.2) is 0 Å². The summed E-state index contributed by atoms with van der Waals surface area (Å²) < 4.78 is 0. The van der Waals surface area contributed by atoms with Crippen molar-refractivity contribution in [3.8, 4) is 22.3 Å². The van der Waals surface area contributed by atoms with E-state index in [1.165, 1.54) is 82.4 Å². The molecular formula is C39H29N. The molecule has 0 aromatic heterocycles. The van der Waals surface area contributed by atoms with Crippen molar-refractivity contribution in [2.24, 2.45) is 4.99 Å². The Labute approximate surface area is 234 Å². The van der Waals surface area contributed by atoms with E-state index in [2.05, 4.69) is 130 Å². The topological polar surface area (TPSA) is 12.4 Å². The molecule has 1 heterocycles. The van der Waals surface area contributed by atoms with Crippen LogP contribution in [0, 0.1) is 20.8 Å². The quantitative estimate of drug-likeness (QED) is 0.209. The van der Waals surface area contributed by atoms with E-state index in [1.54, 1.807) is 0 Å². The third-order valence-corrected chi connectivity index (χ3v) is 8.67. The standard InChI is InChI=1S/C39H29N/c1-23-4-9-26(10-5-23)30-15-13-28-14-16-32-34(27-11-6-24(2)7-12-27)22-35(33-18-17-31(30)38(28)39(32)33)37-21-29-20-25(3)8-19-36(29)40-37/h4-20,22H,21H2,1-3H3. The predicted octanol–water partition coefficient (Wildman–Crippen LogP) is 10.5. The van der Waals surface area contributed by atoms with Gasteiger partial charge in [0.2, 0.25) is 0 Å². The molecule has 1 nitrogen and oxygen atoms in total. The lowest BCUT2D eigenvalue weighted by atomic mass is 9.84. The molecule has 0 amide bonds. The Morgan fingerprint density at radius 2 is 1.05 bits per heavy atom. The van der Waals surface area contributed by atoms with Gasteiger partial charge in [-0.25, -0.2) is 0 Å². The number of benzene rings is 7. The van der Waals surface area contributed by atoms with Gasteiger partial charge in [0.25, 0.3) is 0 Å². The minimum atomic E-state index is 0.864. The Morgan fingerprint density at radius 3 is 1.77 bits per heavy atom. The highest BCUT2D eigenvalue weighted by molar-refractivity contribution is 6.31. The van der Waals surface area contributed by atoms with Crippen molar-refractivity contribution in [3.63, 3.8) is 0 Å². The summed E-state index contributed by atoms with van der Waals surface area (Å²) in [6.45, 7) is 6.46. The molecule has 1 aliphatic heterocycles. The van der Waals surface area contributed by atoms with E-state index in [4.69, 9.17) is 4.99 Å². The molecule has 7 aromatic rings. The van der Waals surface area contributed by atoms with Gasteiger partial charge in [0.1, 0.15) is 0 Å². The summed E-state index contributed by atoms with van der Waals surface area (Å²) in [5, 5.41) is 7.85. The molecule has 0 spiro atoms. The minimum Gasteiger partial charge on any atom is -0.252 e. The summed E-state index contributed by atoms with van der Waals surface area (Å²) in [6, 6.07) is 40.8. The lowest BCUT2D eigenvalue weighted by Gasteiger charge is -2.19. The number of rotatable bonds is 3. The van der Waals surface area contributed by atoms with Crippen molar-refractivity contribution in [2.75, 3.05) is 0 Å². The summed E-state index contributed by atoms with van der Waals surface area (Å²) in [5.41, 5.74) is 13.7. The van der Waals surface area contributed by atoms with Gasteiger partial charge in [-0.15, -0.1) is 0 Å². The number of nitrogens with zero attached hydrogens (tertiary/aromatic N) is 1. The molecule has 0 unspecified atom stereocenters. The number of hydrogen-bond donors (Lipinski definition) is 0. The van der Waals surface area contributed by atoms with Crippen molar-refractivity contribution in [1.82, 2.24) is 0 Å². The number of fused-ring (bicyclic) bond motifs is 1. The van der Waals surface area contributed by atoms with E-state index in [1.807, 2.05) is 0 Å². The maximum absolute atomic E-state index is 5.18. The molecule has 0 N–H and O–H groups in total. The molecule has 0 aliphatic carbocycles. The normalized spacial score (nSPS) is 12.9. The number of aryl methyl sites for hydroxylation is 3. The Bertz CT molecular complexity index is 2130. The highest BCUT2D eigenvalue weighted by Crippen LogP contribution is 2.45. The van der Waals surface area contributed by atoms with Crippen LogP contribution in [0.2, 0.25) is 0 Å². The van der Waals surface area contributed by atoms with Crippen LogP contribution in [0.5, 0.6) is 0 Å². The zero-order valence-electron chi connectivity index (χ0n) is 23.0. The third-order valence-electron chi connectivity index (χ3n) is 8.67. The van der Waals surface area contributed by atoms with E-state index >= 15 is 0 Å². The van der Waals surface area contributed by atoms with E-state index in [9.17, 15) is 0 Å². The van der Waals surface area contributed by atoms with Gasteiger partial charge in [-0.05, 0) is 93.0 Å². The van der Waals surface area contributed by atoms with Gasteiger partial charge < -0.3 is 0 Å².